The van der Waals surface area contributed by atoms with Crippen molar-refractivity contribution in [2.75, 3.05) is 44.9 Å². The van der Waals surface area contributed by atoms with Crippen molar-refractivity contribution in [2.45, 2.75) is 22.6 Å². The summed E-state index contributed by atoms with van der Waals surface area (Å²) in [6, 6.07) is 11.1. The molecule has 3 aromatic rings. The number of benzene rings is 2. The van der Waals surface area contributed by atoms with E-state index in [1.807, 2.05) is 12.1 Å². The van der Waals surface area contributed by atoms with Crippen LogP contribution in [0.1, 0.15) is 22.8 Å². The van der Waals surface area contributed by atoms with Crippen LogP contribution in [0.2, 0.25) is 0 Å². The monoisotopic (exact) mass is 651 g/mol. The zero-order valence-electron chi connectivity index (χ0n) is 24.3. The van der Waals surface area contributed by atoms with Gasteiger partial charge in [0.25, 0.3) is 5.91 Å². The minimum absolute atomic E-state index is 0.00416. The maximum Gasteiger partial charge on any atom is 0.305 e. The van der Waals surface area contributed by atoms with E-state index >= 15 is 0 Å². The molecule has 2 aliphatic carbocycles. The van der Waals surface area contributed by atoms with E-state index in [4.69, 9.17) is 14.2 Å². The van der Waals surface area contributed by atoms with Crippen LogP contribution in [-0.4, -0.2) is 72.9 Å². The first-order valence-corrected chi connectivity index (χ1v) is 16.7. The molecule has 1 N–H and O–H groups in total. The van der Waals surface area contributed by atoms with Crippen LogP contribution in [0.4, 0.5) is 10.1 Å². The van der Waals surface area contributed by atoms with Crippen molar-refractivity contribution in [1.82, 2.24) is 9.88 Å². The third-order valence-electron chi connectivity index (χ3n) is 10.1. The van der Waals surface area contributed by atoms with Gasteiger partial charge in [-0.05, 0) is 66.1 Å². The summed E-state index contributed by atoms with van der Waals surface area (Å²) in [4.78, 5) is 59.7. The standard InChI is InChI=1S/C32H30FN3O7S2/c1-41-21-12-15(2-7-20(21)43-14-22(37)35-8-10-42-11-9-35)23-24-18-13-19(27(24)44-29-28(23)45-32(40)34-29)26-25(18)30(38)36(31(26)39)17-5-3-16(33)4-6-17/h2-7,12,18-19,23-27H,8-11,13-14H2,1H3,(H,34,40)/t18-,19-,23-,24?,25?,26?,27?/m1/s1. The summed E-state index contributed by atoms with van der Waals surface area (Å²) in [5.41, 5.74) is 1.31. The van der Waals surface area contributed by atoms with Gasteiger partial charge < -0.3 is 24.1 Å². The van der Waals surface area contributed by atoms with Crippen LogP contribution < -0.4 is 19.2 Å². The van der Waals surface area contributed by atoms with Crippen LogP contribution in [0.25, 0.3) is 0 Å². The molecule has 0 radical (unpaired) electrons. The number of fused-ring (bicyclic) bond motifs is 9. The number of carbonyl (C=O) groups is 3. The molecule has 2 aromatic carbocycles. The Bertz CT molecular complexity index is 1750. The van der Waals surface area contributed by atoms with Crippen molar-refractivity contribution >= 4 is 46.5 Å². The van der Waals surface area contributed by atoms with Gasteiger partial charge in [0, 0.05) is 29.1 Å². The molecule has 5 aliphatic rings. The third-order valence-corrected chi connectivity index (χ3v) is 12.7. The molecule has 7 atom stereocenters. The predicted molar refractivity (Wildman–Crippen MR) is 163 cm³/mol. The smallest absolute Gasteiger partial charge is 0.305 e. The summed E-state index contributed by atoms with van der Waals surface area (Å²) in [6.07, 6.45) is 0.754. The van der Waals surface area contributed by atoms with Gasteiger partial charge in [-0.2, -0.15) is 0 Å². The van der Waals surface area contributed by atoms with E-state index in [0.29, 0.717) is 43.5 Å². The lowest BCUT2D eigenvalue weighted by molar-refractivity contribution is -0.137. The Morgan fingerprint density at radius 3 is 2.49 bits per heavy atom. The minimum atomic E-state index is -0.468. The van der Waals surface area contributed by atoms with Gasteiger partial charge in [0.05, 0.1) is 42.9 Å². The summed E-state index contributed by atoms with van der Waals surface area (Å²) >= 11 is 2.80. The molecule has 2 saturated carbocycles. The number of hydrogen-bond acceptors (Lipinski definition) is 9. The van der Waals surface area contributed by atoms with E-state index in [2.05, 4.69) is 4.98 Å². The lowest BCUT2D eigenvalue weighted by Gasteiger charge is -2.43. The van der Waals surface area contributed by atoms with Crippen LogP contribution >= 0.6 is 23.1 Å². The number of carbonyl (C=O) groups excluding carboxylic acids is 3. The van der Waals surface area contributed by atoms with E-state index < -0.39 is 17.7 Å². The van der Waals surface area contributed by atoms with Crippen molar-refractivity contribution in [3.8, 4) is 11.5 Å². The molecule has 4 heterocycles. The Labute approximate surface area is 265 Å². The Morgan fingerprint density at radius 2 is 1.76 bits per heavy atom. The van der Waals surface area contributed by atoms with Crippen molar-refractivity contribution in [3.63, 3.8) is 0 Å². The molecule has 0 spiro atoms. The minimum Gasteiger partial charge on any atom is -0.493 e. The second kappa shape index (κ2) is 11.0. The molecular formula is C32H30FN3O7S2. The van der Waals surface area contributed by atoms with Crippen LogP contribution in [0.5, 0.6) is 11.5 Å². The van der Waals surface area contributed by atoms with Gasteiger partial charge in [0.15, 0.2) is 18.1 Å². The first-order chi connectivity index (χ1) is 21.8. The average molecular weight is 652 g/mol. The molecule has 8 rings (SSSR count). The maximum absolute atomic E-state index is 13.9. The average Bonchev–Trinajstić information content (AvgIpc) is 3.79. The molecule has 2 bridgehead atoms. The largest absolute Gasteiger partial charge is 0.493 e. The van der Waals surface area contributed by atoms with Crippen LogP contribution in [-0.2, 0) is 19.1 Å². The molecule has 4 fully saturated rings. The normalized spacial score (nSPS) is 29.9. The predicted octanol–water partition coefficient (Wildman–Crippen LogP) is 3.50. The van der Waals surface area contributed by atoms with Gasteiger partial charge in [-0.25, -0.2) is 4.39 Å². The number of anilines is 1. The quantitative estimate of drug-likeness (QED) is 0.403. The zero-order chi connectivity index (χ0) is 31.0. The number of nitrogens with zero attached hydrogens (tertiary/aromatic N) is 2. The molecule has 234 valence electrons. The topological polar surface area (TPSA) is 118 Å². The number of morpholine rings is 1. The Hall–Kier alpha value is -3.68. The number of imide groups is 1. The zero-order valence-corrected chi connectivity index (χ0v) is 25.9. The summed E-state index contributed by atoms with van der Waals surface area (Å²) in [6.45, 7) is 1.94. The van der Waals surface area contributed by atoms with Gasteiger partial charge in [-0.1, -0.05) is 17.4 Å². The SMILES string of the molecule is COc1cc([C@H]2c3sc(=O)[nH]c3SC3C2[C@H]2C[C@@H]3C3C(=O)N(c4ccc(F)cc4)C(=O)C32)ccc1OCC(=O)N1CCOCC1. The Morgan fingerprint density at radius 1 is 1.02 bits per heavy atom. The number of nitrogens with one attached hydrogen (secondary N) is 1. The van der Waals surface area contributed by atoms with Crippen LogP contribution in [0, 0.1) is 35.4 Å². The van der Waals surface area contributed by atoms with E-state index in [-0.39, 0.29) is 58.1 Å². The van der Waals surface area contributed by atoms with Gasteiger partial charge in [-0.15, -0.1) is 11.8 Å². The summed E-state index contributed by atoms with van der Waals surface area (Å²) in [5.74, 6) is -1.31. The number of H-pyrrole nitrogens is 1. The highest BCUT2D eigenvalue weighted by molar-refractivity contribution is 8.00. The van der Waals surface area contributed by atoms with Crippen molar-refractivity contribution in [3.05, 3.63) is 68.4 Å². The first-order valence-electron chi connectivity index (χ1n) is 15.0. The summed E-state index contributed by atoms with van der Waals surface area (Å²) in [5, 5.41) is 0.833. The van der Waals surface area contributed by atoms with Gasteiger partial charge >= 0.3 is 4.87 Å². The summed E-state index contributed by atoms with van der Waals surface area (Å²) < 4.78 is 30.6. The molecule has 4 unspecified atom stereocenters. The lowest BCUT2D eigenvalue weighted by Crippen LogP contribution is -2.43. The lowest BCUT2D eigenvalue weighted by atomic mass is 9.68. The maximum atomic E-state index is 13.9. The second-order valence-corrected chi connectivity index (χ2v) is 14.3. The highest BCUT2D eigenvalue weighted by Crippen LogP contribution is 2.68. The molecule has 3 aliphatic heterocycles. The van der Waals surface area contributed by atoms with Crippen LogP contribution in [0.3, 0.4) is 0 Å². The highest BCUT2D eigenvalue weighted by atomic mass is 32.2. The number of aromatic amines is 1. The fourth-order valence-electron chi connectivity index (χ4n) is 8.28. The van der Waals surface area contributed by atoms with Gasteiger partial charge in [-0.3, -0.25) is 24.1 Å². The van der Waals surface area contributed by atoms with E-state index in [1.165, 1.54) is 40.5 Å². The van der Waals surface area contributed by atoms with E-state index in [1.54, 1.807) is 29.8 Å². The number of ether oxygens (including phenoxy) is 3. The Balaban J connectivity index is 1.11. The van der Waals surface area contributed by atoms with Gasteiger partial charge in [0.1, 0.15) is 5.82 Å². The van der Waals surface area contributed by atoms with Gasteiger partial charge in [0.2, 0.25) is 11.8 Å². The highest BCUT2D eigenvalue weighted by Gasteiger charge is 2.69. The fraction of sp³-hybridized carbons (Fsp3) is 0.438. The number of hydrogen-bond donors (Lipinski definition) is 1. The molecular weight excluding hydrogens is 621 g/mol. The second-order valence-electron chi connectivity index (χ2n) is 12.1. The van der Waals surface area contributed by atoms with Crippen LogP contribution in [0.15, 0.2) is 52.3 Å². The number of thioether (sulfide) groups is 1. The third kappa shape index (κ3) is 4.53. The molecule has 2 saturated heterocycles. The Kier molecular flexibility index (Phi) is 7.03. The fourth-order valence-corrected chi connectivity index (χ4v) is 11.2. The molecule has 10 nitrogen and oxygen atoms in total. The number of methoxy groups -OCH3 is 1. The summed E-state index contributed by atoms with van der Waals surface area (Å²) in [7, 11) is 1.55. The number of thiazole rings is 1. The number of rotatable bonds is 6. The number of halogens is 1. The van der Waals surface area contributed by atoms with Crippen molar-refractivity contribution < 1.29 is 33.0 Å². The molecule has 13 heteroatoms. The first kappa shape index (κ1) is 28.8. The van der Waals surface area contributed by atoms with E-state index in [0.717, 1.165) is 21.9 Å². The van der Waals surface area contributed by atoms with E-state index in [9.17, 15) is 23.6 Å². The van der Waals surface area contributed by atoms with Crippen molar-refractivity contribution in [1.29, 1.82) is 0 Å². The number of amides is 3. The molecule has 1 aromatic heterocycles. The molecule has 45 heavy (non-hydrogen) atoms. The number of aromatic nitrogens is 1. The molecule has 3 amide bonds. The van der Waals surface area contributed by atoms with Crippen molar-refractivity contribution in [2.24, 2.45) is 29.6 Å².